The van der Waals surface area contributed by atoms with Crippen LogP contribution in [0.3, 0.4) is 0 Å². The number of nitrogens with zero attached hydrogens (tertiary/aromatic N) is 4. The first kappa shape index (κ1) is 15.6. The summed E-state index contributed by atoms with van der Waals surface area (Å²) in [5.41, 5.74) is 6.14. The molecule has 0 spiro atoms. The Morgan fingerprint density at radius 1 is 1.63 bits per heavy atom. The molecule has 1 aromatic heterocycles. The molecule has 0 aliphatic heterocycles. The van der Waals surface area contributed by atoms with E-state index in [2.05, 4.69) is 17.2 Å². The lowest BCUT2D eigenvalue weighted by Gasteiger charge is -2.28. The van der Waals surface area contributed by atoms with Crippen LogP contribution in [-0.4, -0.2) is 52.1 Å². The predicted octanol–water partition coefficient (Wildman–Crippen LogP) is 0.0103. The van der Waals surface area contributed by atoms with Gasteiger partial charge >= 0.3 is 0 Å². The van der Waals surface area contributed by atoms with Gasteiger partial charge in [0.15, 0.2) is 0 Å². The predicted molar refractivity (Wildman–Crippen MR) is 71.3 cm³/mol. The number of hydrogen-bond acceptors (Lipinski definition) is 5. The van der Waals surface area contributed by atoms with E-state index in [4.69, 9.17) is 10.5 Å². The van der Waals surface area contributed by atoms with E-state index in [9.17, 15) is 4.79 Å². The second-order valence-corrected chi connectivity index (χ2v) is 4.45. The number of aromatic nitrogens is 3. The molecular weight excluding hydrogens is 246 g/mol. The highest BCUT2D eigenvalue weighted by atomic mass is 16.5. The van der Waals surface area contributed by atoms with Gasteiger partial charge in [0.1, 0.15) is 6.54 Å². The standard InChI is InChI=1S/C12H23N5O2/c1-4-10(2)17(5-6-19-3)12(18)9-16-8-11(7-13)14-15-16/h8,10H,4-7,9,13H2,1-3H3. The van der Waals surface area contributed by atoms with E-state index in [1.54, 1.807) is 13.3 Å². The summed E-state index contributed by atoms with van der Waals surface area (Å²) in [6.45, 7) is 5.71. The molecule has 1 rings (SSSR count). The summed E-state index contributed by atoms with van der Waals surface area (Å²) in [5.74, 6) is 0.0138. The minimum absolute atomic E-state index is 0.0138. The van der Waals surface area contributed by atoms with Gasteiger partial charge in [-0.25, -0.2) is 4.68 Å². The lowest BCUT2D eigenvalue weighted by molar-refractivity contribution is -0.134. The Morgan fingerprint density at radius 2 is 2.37 bits per heavy atom. The maximum Gasteiger partial charge on any atom is 0.244 e. The number of hydrogen-bond donors (Lipinski definition) is 1. The molecule has 1 aromatic rings. The fraction of sp³-hybridized carbons (Fsp3) is 0.750. The minimum atomic E-state index is 0.0138. The van der Waals surface area contributed by atoms with E-state index >= 15 is 0 Å². The number of methoxy groups -OCH3 is 1. The van der Waals surface area contributed by atoms with Crippen molar-refractivity contribution in [1.29, 1.82) is 0 Å². The highest BCUT2D eigenvalue weighted by Gasteiger charge is 2.19. The molecule has 0 bridgehead atoms. The molecule has 0 radical (unpaired) electrons. The maximum absolute atomic E-state index is 12.3. The number of carbonyl (C=O) groups excluding carboxylic acids is 1. The van der Waals surface area contributed by atoms with Gasteiger partial charge in [0.2, 0.25) is 5.91 Å². The summed E-state index contributed by atoms with van der Waals surface area (Å²) in [5, 5.41) is 7.75. The van der Waals surface area contributed by atoms with Gasteiger partial charge in [0.05, 0.1) is 18.5 Å². The molecule has 1 atom stereocenters. The van der Waals surface area contributed by atoms with Crippen LogP contribution in [0, 0.1) is 0 Å². The number of amides is 1. The van der Waals surface area contributed by atoms with Crippen LogP contribution in [0.2, 0.25) is 0 Å². The highest BCUT2D eigenvalue weighted by molar-refractivity contribution is 5.76. The maximum atomic E-state index is 12.3. The first-order valence-corrected chi connectivity index (χ1v) is 6.49. The normalized spacial score (nSPS) is 12.4. The van der Waals surface area contributed by atoms with E-state index < -0.39 is 0 Å². The Bertz CT molecular complexity index is 393. The topological polar surface area (TPSA) is 86.3 Å². The number of ether oxygens (including phenoxy) is 1. The fourth-order valence-corrected chi connectivity index (χ4v) is 1.74. The van der Waals surface area contributed by atoms with Gasteiger partial charge in [-0.05, 0) is 13.3 Å². The Balaban J connectivity index is 2.64. The van der Waals surface area contributed by atoms with E-state index in [0.29, 0.717) is 25.4 Å². The molecule has 0 saturated heterocycles. The zero-order valence-electron chi connectivity index (χ0n) is 11.9. The van der Waals surface area contributed by atoms with Gasteiger partial charge < -0.3 is 15.4 Å². The van der Waals surface area contributed by atoms with Crippen LogP contribution in [0.25, 0.3) is 0 Å². The van der Waals surface area contributed by atoms with Crippen molar-refractivity contribution >= 4 is 5.91 Å². The molecule has 19 heavy (non-hydrogen) atoms. The quantitative estimate of drug-likeness (QED) is 0.718. The van der Waals surface area contributed by atoms with Crippen LogP contribution < -0.4 is 5.73 Å². The summed E-state index contributed by atoms with van der Waals surface area (Å²) < 4.78 is 6.56. The van der Waals surface area contributed by atoms with E-state index in [1.165, 1.54) is 4.68 Å². The van der Waals surface area contributed by atoms with E-state index in [0.717, 1.165) is 6.42 Å². The van der Waals surface area contributed by atoms with Gasteiger partial charge in [0.25, 0.3) is 0 Å². The van der Waals surface area contributed by atoms with E-state index in [-0.39, 0.29) is 18.5 Å². The first-order valence-electron chi connectivity index (χ1n) is 6.49. The lowest BCUT2D eigenvalue weighted by atomic mass is 10.2. The molecule has 2 N–H and O–H groups in total. The Kier molecular flexibility index (Phi) is 6.44. The molecule has 1 heterocycles. The third kappa shape index (κ3) is 4.60. The highest BCUT2D eigenvalue weighted by Crippen LogP contribution is 2.05. The van der Waals surface area contributed by atoms with Crippen LogP contribution >= 0.6 is 0 Å². The molecule has 0 aliphatic rings. The van der Waals surface area contributed by atoms with Crippen molar-refractivity contribution in [1.82, 2.24) is 19.9 Å². The van der Waals surface area contributed by atoms with Crippen molar-refractivity contribution in [3.8, 4) is 0 Å². The number of rotatable bonds is 8. The number of carbonyl (C=O) groups is 1. The average Bonchev–Trinajstić information content (AvgIpc) is 2.86. The monoisotopic (exact) mass is 269 g/mol. The summed E-state index contributed by atoms with van der Waals surface area (Å²) >= 11 is 0. The summed E-state index contributed by atoms with van der Waals surface area (Å²) in [7, 11) is 1.63. The van der Waals surface area contributed by atoms with Crippen LogP contribution in [-0.2, 0) is 22.6 Å². The van der Waals surface area contributed by atoms with E-state index in [1.807, 2.05) is 11.8 Å². The van der Waals surface area contributed by atoms with Crippen molar-refractivity contribution in [3.63, 3.8) is 0 Å². The Labute approximate surface area is 113 Å². The zero-order chi connectivity index (χ0) is 14.3. The molecule has 0 aliphatic carbocycles. The third-order valence-corrected chi connectivity index (χ3v) is 3.07. The molecular formula is C12H23N5O2. The molecule has 108 valence electrons. The van der Waals surface area contributed by atoms with Gasteiger partial charge in [0, 0.05) is 26.2 Å². The summed E-state index contributed by atoms with van der Waals surface area (Å²) in [6.07, 6.45) is 2.60. The van der Waals surface area contributed by atoms with Gasteiger partial charge in [-0.3, -0.25) is 4.79 Å². The molecule has 1 unspecified atom stereocenters. The van der Waals surface area contributed by atoms with Crippen molar-refractivity contribution in [2.24, 2.45) is 5.73 Å². The number of nitrogens with two attached hydrogens (primary N) is 1. The third-order valence-electron chi connectivity index (χ3n) is 3.07. The van der Waals surface area contributed by atoms with Crippen LogP contribution in [0.5, 0.6) is 0 Å². The molecule has 0 saturated carbocycles. The Morgan fingerprint density at radius 3 is 2.89 bits per heavy atom. The van der Waals surface area contributed by atoms with Crippen LogP contribution in [0.1, 0.15) is 26.0 Å². The zero-order valence-corrected chi connectivity index (χ0v) is 11.9. The fourth-order valence-electron chi connectivity index (χ4n) is 1.74. The molecule has 7 heteroatoms. The molecule has 7 nitrogen and oxygen atoms in total. The summed E-state index contributed by atoms with van der Waals surface area (Å²) in [6, 6.07) is 0.181. The first-order chi connectivity index (χ1) is 9.12. The molecule has 0 aromatic carbocycles. The average molecular weight is 269 g/mol. The van der Waals surface area contributed by atoms with Crippen LogP contribution in [0.15, 0.2) is 6.20 Å². The second kappa shape index (κ2) is 7.85. The molecule has 1 amide bonds. The van der Waals surface area contributed by atoms with Crippen molar-refractivity contribution < 1.29 is 9.53 Å². The minimum Gasteiger partial charge on any atom is -0.383 e. The largest absolute Gasteiger partial charge is 0.383 e. The van der Waals surface area contributed by atoms with Crippen molar-refractivity contribution in [2.45, 2.75) is 39.4 Å². The Hall–Kier alpha value is -1.47. The molecule has 0 fully saturated rings. The van der Waals surface area contributed by atoms with Gasteiger partial charge in [-0.1, -0.05) is 12.1 Å². The van der Waals surface area contributed by atoms with Crippen LogP contribution in [0.4, 0.5) is 0 Å². The second-order valence-electron chi connectivity index (χ2n) is 4.45. The van der Waals surface area contributed by atoms with Gasteiger partial charge in [-0.15, -0.1) is 5.10 Å². The van der Waals surface area contributed by atoms with Gasteiger partial charge in [-0.2, -0.15) is 0 Å². The smallest absolute Gasteiger partial charge is 0.244 e. The summed E-state index contributed by atoms with van der Waals surface area (Å²) in [4.78, 5) is 14.1. The SMILES string of the molecule is CCC(C)N(CCOC)C(=O)Cn1cc(CN)nn1. The lowest BCUT2D eigenvalue weighted by Crippen LogP contribution is -2.42. The van der Waals surface area contributed by atoms with Crippen molar-refractivity contribution in [3.05, 3.63) is 11.9 Å². The van der Waals surface area contributed by atoms with Crippen molar-refractivity contribution in [2.75, 3.05) is 20.3 Å².